The van der Waals surface area contributed by atoms with E-state index in [1.165, 1.54) is 35.2 Å². The molecule has 2 aromatic carbocycles. The van der Waals surface area contributed by atoms with E-state index in [4.69, 9.17) is 4.42 Å². The minimum absolute atomic E-state index is 0.248. The Balaban J connectivity index is 1.44. The van der Waals surface area contributed by atoms with E-state index in [-0.39, 0.29) is 5.82 Å². The van der Waals surface area contributed by atoms with E-state index in [1.54, 1.807) is 12.1 Å². The van der Waals surface area contributed by atoms with E-state index in [0.29, 0.717) is 16.9 Å². The van der Waals surface area contributed by atoms with Gasteiger partial charge in [-0.25, -0.2) is 9.37 Å². The van der Waals surface area contributed by atoms with Crippen LogP contribution in [-0.4, -0.2) is 15.2 Å². The van der Waals surface area contributed by atoms with Gasteiger partial charge < -0.3 is 4.42 Å². The second kappa shape index (κ2) is 7.62. The van der Waals surface area contributed by atoms with Gasteiger partial charge in [-0.1, -0.05) is 29.0 Å². The molecule has 4 nitrogen and oxygen atoms in total. The van der Waals surface area contributed by atoms with Crippen molar-refractivity contribution in [2.24, 2.45) is 0 Å². The van der Waals surface area contributed by atoms with E-state index >= 15 is 0 Å². The molecule has 4 rings (SSSR count). The van der Waals surface area contributed by atoms with E-state index in [0.717, 1.165) is 33.0 Å². The molecule has 0 saturated heterocycles. The molecule has 136 valence electrons. The Labute approximate surface area is 164 Å². The standard InChI is InChI=1S/C20H16FN3OS2/c1-12-7-13(2)9-15(8-12)18-23-24-20(25-18)27-11-17-10-26-19(22-17)14-3-5-16(21)6-4-14/h3-10H,11H2,1-2H3. The maximum atomic E-state index is 13.0. The summed E-state index contributed by atoms with van der Waals surface area (Å²) < 4.78 is 18.8. The van der Waals surface area contributed by atoms with Gasteiger partial charge in [-0.05, 0) is 50.2 Å². The molecule has 0 saturated carbocycles. The number of halogens is 1. The number of hydrogen-bond acceptors (Lipinski definition) is 6. The topological polar surface area (TPSA) is 51.8 Å². The van der Waals surface area contributed by atoms with Crippen LogP contribution in [0.4, 0.5) is 4.39 Å². The van der Waals surface area contributed by atoms with E-state index in [1.807, 2.05) is 31.4 Å². The predicted molar refractivity (Wildman–Crippen MR) is 106 cm³/mol. The normalized spacial score (nSPS) is 11.1. The molecular weight excluding hydrogens is 381 g/mol. The van der Waals surface area contributed by atoms with Gasteiger partial charge in [0.15, 0.2) is 0 Å². The molecule has 0 radical (unpaired) electrons. The van der Waals surface area contributed by atoms with Crippen LogP contribution in [0.2, 0.25) is 0 Å². The highest BCUT2D eigenvalue weighted by atomic mass is 32.2. The molecule has 2 aromatic heterocycles. The first-order valence-corrected chi connectivity index (χ1v) is 10.2. The van der Waals surface area contributed by atoms with Crippen LogP contribution in [0.25, 0.3) is 22.0 Å². The summed E-state index contributed by atoms with van der Waals surface area (Å²) in [6.07, 6.45) is 0. The van der Waals surface area contributed by atoms with Crippen LogP contribution < -0.4 is 0 Å². The van der Waals surface area contributed by atoms with Gasteiger partial charge in [0.1, 0.15) is 10.8 Å². The summed E-state index contributed by atoms with van der Waals surface area (Å²) in [6, 6.07) is 12.5. The third-order valence-electron chi connectivity index (χ3n) is 3.86. The van der Waals surface area contributed by atoms with Crippen LogP contribution in [0.5, 0.6) is 0 Å². The zero-order valence-corrected chi connectivity index (χ0v) is 16.4. The van der Waals surface area contributed by atoms with Crippen LogP contribution in [0, 0.1) is 19.7 Å². The molecule has 0 aliphatic carbocycles. The summed E-state index contributed by atoms with van der Waals surface area (Å²) in [4.78, 5) is 4.60. The van der Waals surface area contributed by atoms with Gasteiger partial charge in [-0.3, -0.25) is 0 Å². The number of nitrogens with zero attached hydrogens (tertiary/aromatic N) is 3. The summed E-state index contributed by atoms with van der Waals surface area (Å²) in [7, 11) is 0. The van der Waals surface area contributed by atoms with Gasteiger partial charge >= 0.3 is 0 Å². The number of thioether (sulfide) groups is 1. The summed E-state index contributed by atoms with van der Waals surface area (Å²) in [6.45, 7) is 4.09. The zero-order valence-electron chi connectivity index (χ0n) is 14.8. The van der Waals surface area contributed by atoms with Gasteiger partial charge in [-0.2, -0.15) is 0 Å². The minimum Gasteiger partial charge on any atom is -0.411 e. The van der Waals surface area contributed by atoms with Crippen LogP contribution in [-0.2, 0) is 5.75 Å². The first-order chi connectivity index (χ1) is 13.1. The maximum Gasteiger partial charge on any atom is 0.277 e. The van der Waals surface area contributed by atoms with Crippen molar-refractivity contribution in [1.29, 1.82) is 0 Å². The van der Waals surface area contributed by atoms with Crippen molar-refractivity contribution >= 4 is 23.1 Å². The average Bonchev–Trinajstić information content (AvgIpc) is 3.29. The molecule has 0 unspecified atom stereocenters. The molecule has 0 N–H and O–H groups in total. The summed E-state index contributed by atoms with van der Waals surface area (Å²) in [5, 5.41) is 11.6. The fourth-order valence-electron chi connectivity index (χ4n) is 2.72. The lowest BCUT2D eigenvalue weighted by Crippen LogP contribution is -1.82. The molecule has 0 aliphatic heterocycles. The highest BCUT2D eigenvalue weighted by molar-refractivity contribution is 7.98. The minimum atomic E-state index is -0.248. The number of thiazole rings is 1. The van der Waals surface area contributed by atoms with Crippen molar-refractivity contribution in [3.63, 3.8) is 0 Å². The second-order valence-electron chi connectivity index (χ2n) is 6.19. The van der Waals surface area contributed by atoms with E-state index < -0.39 is 0 Å². The van der Waals surface area contributed by atoms with Gasteiger partial charge in [0, 0.05) is 22.3 Å². The molecule has 0 aliphatic rings. The SMILES string of the molecule is Cc1cc(C)cc(-c2nnc(SCc3csc(-c4ccc(F)cc4)n3)o2)c1. The highest BCUT2D eigenvalue weighted by Gasteiger charge is 2.12. The van der Waals surface area contributed by atoms with Crippen LogP contribution in [0.1, 0.15) is 16.8 Å². The molecule has 0 amide bonds. The fraction of sp³-hybridized carbons (Fsp3) is 0.150. The largest absolute Gasteiger partial charge is 0.411 e. The first-order valence-electron chi connectivity index (χ1n) is 8.32. The summed E-state index contributed by atoms with van der Waals surface area (Å²) >= 11 is 2.99. The van der Waals surface area contributed by atoms with Gasteiger partial charge in [0.05, 0.1) is 5.69 Å². The van der Waals surface area contributed by atoms with Crippen LogP contribution >= 0.6 is 23.1 Å². The molecule has 27 heavy (non-hydrogen) atoms. The molecular formula is C20H16FN3OS2. The molecule has 0 fully saturated rings. The van der Waals surface area contributed by atoms with Gasteiger partial charge in [0.25, 0.3) is 5.22 Å². The molecule has 2 heterocycles. The number of hydrogen-bond donors (Lipinski definition) is 0. The number of aryl methyl sites for hydroxylation is 2. The van der Waals surface area contributed by atoms with Gasteiger partial charge in [-0.15, -0.1) is 21.5 Å². The quantitative estimate of drug-likeness (QED) is 0.392. The Morgan fingerprint density at radius 3 is 2.48 bits per heavy atom. The van der Waals surface area contributed by atoms with E-state index in [9.17, 15) is 4.39 Å². The first kappa shape index (κ1) is 17.9. The van der Waals surface area contributed by atoms with Crippen LogP contribution in [0.3, 0.4) is 0 Å². The summed E-state index contributed by atoms with van der Waals surface area (Å²) in [5.41, 5.74) is 5.09. The van der Waals surface area contributed by atoms with Crippen molar-refractivity contribution in [3.8, 4) is 22.0 Å². The lowest BCUT2D eigenvalue weighted by molar-refractivity contribution is 0.465. The predicted octanol–water partition coefficient (Wildman–Crippen LogP) is 5.91. The highest BCUT2D eigenvalue weighted by Crippen LogP contribution is 2.29. The van der Waals surface area contributed by atoms with Crippen molar-refractivity contribution < 1.29 is 8.81 Å². The lowest BCUT2D eigenvalue weighted by Gasteiger charge is -2.00. The Hall–Kier alpha value is -2.51. The Morgan fingerprint density at radius 1 is 1.00 bits per heavy atom. The zero-order chi connectivity index (χ0) is 18.8. The van der Waals surface area contributed by atoms with Crippen molar-refractivity contribution in [3.05, 3.63) is 70.5 Å². The number of benzene rings is 2. The Kier molecular flexibility index (Phi) is 5.05. The summed E-state index contributed by atoms with van der Waals surface area (Å²) in [5.74, 6) is 0.906. The monoisotopic (exact) mass is 397 g/mol. The Morgan fingerprint density at radius 2 is 1.74 bits per heavy atom. The van der Waals surface area contributed by atoms with Gasteiger partial charge in [0.2, 0.25) is 5.89 Å². The molecule has 4 aromatic rings. The maximum absolute atomic E-state index is 13.0. The molecule has 0 atom stereocenters. The average molecular weight is 398 g/mol. The third-order valence-corrected chi connectivity index (χ3v) is 5.65. The smallest absolute Gasteiger partial charge is 0.277 e. The third kappa shape index (κ3) is 4.26. The molecule has 7 heteroatoms. The fourth-order valence-corrected chi connectivity index (χ4v) is 4.30. The molecule has 0 spiro atoms. The number of aromatic nitrogens is 3. The van der Waals surface area contributed by atoms with E-state index in [2.05, 4.69) is 21.2 Å². The van der Waals surface area contributed by atoms with Crippen LogP contribution in [0.15, 0.2) is 57.5 Å². The second-order valence-corrected chi connectivity index (χ2v) is 7.97. The van der Waals surface area contributed by atoms with Crippen molar-refractivity contribution in [1.82, 2.24) is 15.2 Å². The Bertz CT molecular complexity index is 1050. The van der Waals surface area contributed by atoms with Crippen molar-refractivity contribution in [2.75, 3.05) is 0 Å². The lowest BCUT2D eigenvalue weighted by atomic mass is 10.1. The molecule has 0 bridgehead atoms. The number of rotatable bonds is 5. The van der Waals surface area contributed by atoms with Crippen molar-refractivity contribution in [2.45, 2.75) is 24.8 Å².